The monoisotopic (exact) mass is 277 g/mol. The number of benzene rings is 1. The van der Waals surface area contributed by atoms with Gasteiger partial charge in [-0.15, -0.1) is 0 Å². The van der Waals surface area contributed by atoms with E-state index in [1.54, 1.807) is 6.07 Å². The quantitative estimate of drug-likeness (QED) is 0.783. The lowest BCUT2D eigenvalue weighted by Crippen LogP contribution is -2.53. The molecule has 2 rings (SSSR count). The highest BCUT2D eigenvalue weighted by Crippen LogP contribution is 2.38. The minimum atomic E-state index is -0.467. The molecular weight excluding hydrogens is 253 g/mol. The highest BCUT2D eigenvalue weighted by Gasteiger charge is 2.43. The van der Waals surface area contributed by atoms with Crippen molar-refractivity contribution < 1.29 is 9.18 Å². The Hall–Kier alpha value is -1.22. The van der Waals surface area contributed by atoms with Crippen LogP contribution in [0, 0.1) is 18.7 Å². The van der Waals surface area contributed by atoms with Gasteiger partial charge in [0.05, 0.1) is 5.54 Å². The second kappa shape index (κ2) is 5.65. The SMILES string of the molecule is Cc1ccc(F)cc1C(=O)C1(N(C)C)CCC(C)CC1. The first-order valence-electron chi connectivity index (χ1n) is 7.35. The molecule has 0 unspecified atom stereocenters. The van der Waals surface area contributed by atoms with Gasteiger partial charge in [-0.1, -0.05) is 13.0 Å². The Kier molecular flexibility index (Phi) is 4.28. The Morgan fingerprint density at radius 2 is 1.90 bits per heavy atom. The van der Waals surface area contributed by atoms with Crippen molar-refractivity contribution in [2.45, 2.75) is 45.1 Å². The van der Waals surface area contributed by atoms with E-state index in [2.05, 4.69) is 6.92 Å². The number of carbonyl (C=O) groups is 1. The summed E-state index contributed by atoms with van der Waals surface area (Å²) in [5, 5.41) is 0. The fraction of sp³-hybridized carbons (Fsp3) is 0.588. The van der Waals surface area contributed by atoms with E-state index >= 15 is 0 Å². The maximum absolute atomic E-state index is 13.5. The third-order valence-electron chi connectivity index (χ3n) is 4.82. The number of aryl methyl sites for hydroxylation is 1. The average molecular weight is 277 g/mol. The molecule has 0 heterocycles. The lowest BCUT2D eigenvalue weighted by molar-refractivity contribution is 0.0512. The second-order valence-electron chi connectivity index (χ2n) is 6.40. The summed E-state index contributed by atoms with van der Waals surface area (Å²) in [6, 6.07) is 4.50. The Bertz CT molecular complexity index is 502. The summed E-state index contributed by atoms with van der Waals surface area (Å²) >= 11 is 0. The Labute approximate surface area is 121 Å². The van der Waals surface area contributed by atoms with Crippen molar-refractivity contribution in [1.82, 2.24) is 4.90 Å². The average Bonchev–Trinajstić information content (AvgIpc) is 2.41. The standard InChI is InChI=1S/C17H24FNO/c1-12-7-9-17(10-8-12,19(3)4)16(20)15-11-14(18)6-5-13(15)2/h5-6,11-12H,7-10H2,1-4H3. The summed E-state index contributed by atoms with van der Waals surface area (Å²) in [6.45, 7) is 4.11. The molecule has 3 heteroatoms. The van der Waals surface area contributed by atoms with Crippen molar-refractivity contribution in [1.29, 1.82) is 0 Å². The predicted octanol–water partition coefficient (Wildman–Crippen LogP) is 3.83. The summed E-state index contributed by atoms with van der Waals surface area (Å²) in [5.41, 5.74) is 0.926. The van der Waals surface area contributed by atoms with Crippen LogP contribution in [0.5, 0.6) is 0 Å². The zero-order valence-electron chi connectivity index (χ0n) is 12.9. The van der Waals surface area contributed by atoms with E-state index in [9.17, 15) is 9.18 Å². The van der Waals surface area contributed by atoms with Crippen LogP contribution in [0.1, 0.15) is 48.5 Å². The summed E-state index contributed by atoms with van der Waals surface area (Å²) < 4.78 is 13.5. The third kappa shape index (κ3) is 2.64. The number of rotatable bonds is 3. The molecule has 0 bridgehead atoms. The number of nitrogens with zero attached hydrogens (tertiary/aromatic N) is 1. The van der Waals surface area contributed by atoms with E-state index in [-0.39, 0.29) is 11.6 Å². The third-order valence-corrected chi connectivity index (χ3v) is 4.82. The van der Waals surface area contributed by atoms with Gasteiger partial charge in [-0.05, 0) is 70.3 Å². The van der Waals surface area contributed by atoms with Gasteiger partial charge in [0.2, 0.25) is 0 Å². The van der Waals surface area contributed by atoms with E-state index in [4.69, 9.17) is 0 Å². The molecule has 20 heavy (non-hydrogen) atoms. The van der Waals surface area contributed by atoms with Gasteiger partial charge in [-0.25, -0.2) is 4.39 Å². The van der Waals surface area contributed by atoms with Crippen LogP contribution in [0.4, 0.5) is 4.39 Å². The zero-order chi connectivity index (χ0) is 14.9. The fourth-order valence-electron chi connectivity index (χ4n) is 3.21. The zero-order valence-corrected chi connectivity index (χ0v) is 12.9. The van der Waals surface area contributed by atoms with Gasteiger partial charge < -0.3 is 0 Å². The van der Waals surface area contributed by atoms with Crippen LogP contribution in [0.2, 0.25) is 0 Å². The molecule has 1 aliphatic carbocycles. The molecule has 0 spiro atoms. The molecule has 0 radical (unpaired) electrons. The highest BCUT2D eigenvalue weighted by atomic mass is 19.1. The van der Waals surface area contributed by atoms with Crippen LogP contribution in [-0.2, 0) is 0 Å². The molecule has 0 saturated heterocycles. The Balaban J connectivity index is 2.39. The molecule has 0 atom stereocenters. The first kappa shape index (κ1) is 15.2. The summed E-state index contributed by atoms with van der Waals surface area (Å²) in [6.07, 6.45) is 3.82. The van der Waals surface area contributed by atoms with Gasteiger partial charge in [0.15, 0.2) is 5.78 Å². The maximum atomic E-state index is 13.5. The van der Waals surface area contributed by atoms with Gasteiger partial charge in [-0.2, -0.15) is 0 Å². The highest BCUT2D eigenvalue weighted by molar-refractivity contribution is 6.04. The van der Waals surface area contributed by atoms with Crippen LogP contribution in [0.25, 0.3) is 0 Å². The van der Waals surface area contributed by atoms with Crippen molar-refractivity contribution in [3.63, 3.8) is 0 Å². The molecule has 0 aliphatic heterocycles. The fourth-order valence-corrected chi connectivity index (χ4v) is 3.21. The Morgan fingerprint density at radius 3 is 2.45 bits per heavy atom. The van der Waals surface area contributed by atoms with Crippen molar-refractivity contribution in [2.24, 2.45) is 5.92 Å². The van der Waals surface area contributed by atoms with Crippen LogP contribution in [0.3, 0.4) is 0 Å². The van der Waals surface area contributed by atoms with Gasteiger partial charge in [0.25, 0.3) is 0 Å². The smallest absolute Gasteiger partial charge is 0.183 e. The number of hydrogen-bond acceptors (Lipinski definition) is 2. The van der Waals surface area contributed by atoms with Crippen molar-refractivity contribution in [2.75, 3.05) is 14.1 Å². The lowest BCUT2D eigenvalue weighted by Gasteiger charge is -2.43. The molecule has 0 N–H and O–H groups in total. The number of halogens is 1. The van der Waals surface area contributed by atoms with Gasteiger partial charge in [0.1, 0.15) is 5.82 Å². The molecule has 110 valence electrons. The number of likely N-dealkylation sites (N-methyl/N-ethyl adjacent to an activating group) is 1. The number of Topliss-reactive ketones (excluding diaryl/α,β-unsaturated/α-hetero) is 1. The molecule has 1 saturated carbocycles. The van der Waals surface area contributed by atoms with E-state index in [0.717, 1.165) is 31.2 Å². The molecule has 0 aromatic heterocycles. The van der Waals surface area contributed by atoms with Crippen molar-refractivity contribution >= 4 is 5.78 Å². The number of ketones is 1. The van der Waals surface area contributed by atoms with Crippen molar-refractivity contribution in [3.8, 4) is 0 Å². The topological polar surface area (TPSA) is 20.3 Å². The van der Waals surface area contributed by atoms with Crippen LogP contribution in [-0.4, -0.2) is 30.3 Å². The molecule has 1 aromatic rings. The molecule has 1 fully saturated rings. The van der Waals surface area contributed by atoms with E-state index in [1.165, 1.54) is 12.1 Å². The molecule has 2 nitrogen and oxygen atoms in total. The minimum absolute atomic E-state index is 0.0754. The summed E-state index contributed by atoms with van der Waals surface area (Å²) in [7, 11) is 3.92. The molecule has 1 aromatic carbocycles. The number of hydrogen-bond donors (Lipinski definition) is 0. The van der Waals surface area contributed by atoms with E-state index < -0.39 is 5.54 Å². The van der Waals surface area contributed by atoms with Crippen molar-refractivity contribution in [3.05, 3.63) is 35.1 Å². The molecule has 1 aliphatic rings. The summed E-state index contributed by atoms with van der Waals surface area (Å²) in [5.74, 6) is 0.410. The molecular formula is C17H24FNO. The van der Waals surface area contributed by atoms with Crippen LogP contribution < -0.4 is 0 Å². The largest absolute Gasteiger partial charge is 0.297 e. The van der Waals surface area contributed by atoms with E-state index in [0.29, 0.717) is 11.5 Å². The molecule has 0 amide bonds. The predicted molar refractivity (Wildman–Crippen MR) is 79.5 cm³/mol. The summed E-state index contributed by atoms with van der Waals surface area (Å²) in [4.78, 5) is 15.1. The first-order chi connectivity index (χ1) is 9.36. The number of carbonyl (C=O) groups excluding carboxylic acids is 1. The maximum Gasteiger partial charge on any atom is 0.183 e. The first-order valence-corrected chi connectivity index (χ1v) is 7.35. The van der Waals surface area contributed by atoms with Crippen LogP contribution >= 0.6 is 0 Å². The Morgan fingerprint density at radius 1 is 1.30 bits per heavy atom. The van der Waals surface area contributed by atoms with Gasteiger partial charge in [-0.3, -0.25) is 9.69 Å². The van der Waals surface area contributed by atoms with E-state index in [1.807, 2.05) is 25.9 Å². The van der Waals surface area contributed by atoms with Gasteiger partial charge >= 0.3 is 0 Å². The second-order valence-corrected chi connectivity index (χ2v) is 6.40. The van der Waals surface area contributed by atoms with Crippen LogP contribution in [0.15, 0.2) is 18.2 Å². The van der Waals surface area contributed by atoms with Gasteiger partial charge in [0, 0.05) is 5.56 Å². The normalized spacial score (nSPS) is 26.8. The minimum Gasteiger partial charge on any atom is -0.297 e. The lowest BCUT2D eigenvalue weighted by atomic mass is 9.72.